The van der Waals surface area contributed by atoms with Crippen LogP contribution in [0.15, 0.2) is 22.7 Å². The van der Waals surface area contributed by atoms with Gasteiger partial charge >= 0.3 is 0 Å². The van der Waals surface area contributed by atoms with E-state index in [1.165, 1.54) is 6.07 Å². The molecule has 0 bridgehead atoms. The van der Waals surface area contributed by atoms with Gasteiger partial charge in [0.15, 0.2) is 0 Å². The fourth-order valence-corrected chi connectivity index (χ4v) is 2.37. The van der Waals surface area contributed by atoms with Crippen molar-refractivity contribution in [2.24, 2.45) is 0 Å². The van der Waals surface area contributed by atoms with E-state index >= 15 is 0 Å². The zero-order valence-electron chi connectivity index (χ0n) is 8.42. The van der Waals surface area contributed by atoms with Crippen molar-refractivity contribution >= 4 is 33.4 Å². The Bertz CT molecular complexity index is 426. The van der Waals surface area contributed by atoms with E-state index in [1.54, 1.807) is 17.0 Å². The molecule has 1 aromatic rings. The number of hydrogen-bond acceptors (Lipinski definition) is 1. The molecule has 86 valence electrons. The topological polar surface area (TPSA) is 20.3 Å². The first-order valence-corrected chi connectivity index (χ1v) is 6.20. The molecule has 1 saturated heterocycles. The fourth-order valence-electron chi connectivity index (χ4n) is 1.74. The predicted octanol–water partition coefficient (Wildman–Crippen LogP) is 3.04. The first kappa shape index (κ1) is 11.9. The van der Waals surface area contributed by atoms with Crippen LogP contribution in [0.25, 0.3) is 0 Å². The molecule has 0 spiro atoms. The lowest BCUT2D eigenvalue weighted by molar-refractivity contribution is 0.0788. The number of halogens is 3. The summed E-state index contributed by atoms with van der Waals surface area (Å²) in [7, 11) is 0. The van der Waals surface area contributed by atoms with Gasteiger partial charge in [0, 0.05) is 13.1 Å². The summed E-state index contributed by atoms with van der Waals surface area (Å²) < 4.78 is 14.0. The van der Waals surface area contributed by atoms with Crippen LogP contribution in [0.2, 0.25) is 0 Å². The lowest BCUT2D eigenvalue weighted by Gasteiger charge is -2.16. The monoisotopic (exact) mass is 305 g/mol. The summed E-state index contributed by atoms with van der Waals surface area (Å²) in [5.41, 5.74) is 0.0974. The zero-order valence-corrected chi connectivity index (χ0v) is 10.8. The van der Waals surface area contributed by atoms with Gasteiger partial charge in [0.1, 0.15) is 5.82 Å². The third-order valence-electron chi connectivity index (χ3n) is 2.60. The maximum absolute atomic E-state index is 13.7. The van der Waals surface area contributed by atoms with Crippen LogP contribution in [0, 0.1) is 5.82 Å². The molecule has 2 rings (SSSR count). The van der Waals surface area contributed by atoms with Crippen LogP contribution in [0.1, 0.15) is 16.8 Å². The standard InChI is InChI=1S/C11H10BrClFNO/c12-9-3-1-2-8(10(9)14)11(16)15-5-4-7(13)6-15/h1-3,7H,4-6H2. The van der Waals surface area contributed by atoms with Crippen molar-refractivity contribution in [3.05, 3.63) is 34.1 Å². The number of rotatable bonds is 1. The summed E-state index contributed by atoms with van der Waals surface area (Å²) in [6.45, 7) is 1.09. The second-order valence-electron chi connectivity index (χ2n) is 3.74. The van der Waals surface area contributed by atoms with Gasteiger partial charge in [0.2, 0.25) is 0 Å². The van der Waals surface area contributed by atoms with Crippen molar-refractivity contribution < 1.29 is 9.18 Å². The van der Waals surface area contributed by atoms with Crippen LogP contribution in [0.5, 0.6) is 0 Å². The van der Waals surface area contributed by atoms with E-state index in [9.17, 15) is 9.18 Å². The van der Waals surface area contributed by atoms with E-state index < -0.39 is 5.82 Å². The van der Waals surface area contributed by atoms with Crippen molar-refractivity contribution in [1.29, 1.82) is 0 Å². The molecule has 5 heteroatoms. The number of hydrogen-bond donors (Lipinski definition) is 0. The number of carbonyl (C=O) groups is 1. The highest BCUT2D eigenvalue weighted by atomic mass is 79.9. The summed E-state index contributed by atoms with van der Waals surface area (Å²) in [4.78, 5) is 13.6. The first-order chi connectivity index (χ1) is 7.59. The molecule has 1 aliphatic heterocycles. The van der Waals surface area contributed by atoms with Crippen LogP contribution in [0.3, 0.4) is 0 Å². The van der Waals surface area contributed by atoms with Crippen molar-refractivity contribution in [3.63, 3.8) is 0 Å². The van der Waals surface area contributed by atoms with Crippen molar-refractivity contribution in [2.45, 2.75) is 11.8 Å². The van der Waals surface area contributed by atoms with Crippen molar-refractivity contribution in [1.82, 2.24) is 4.90 Å². The number of amides is 1. The Kier molecular flexibility index (Phi) is 3.50. The summed E-state index contributed by atoms with van der Waals surface area (Å²) >= 11 is 8.98. The second-order valence-corrected chi connectivity index (χ2v) is 5.21. The Balaban J connectivity index is 2.24. The molecule has 1 amide bonds. The molecule has 0 aliphatic carbocycles. The average molecular weight is 307 g/mol. The van der Waals surface area contributed by atoms with E-state index in [0.29, 0.717) is 17.6 Å². The van der Waals surface area contributed by atoms with E-state index in [1.807, 2.05) is 0 Å². The van der Waals surface area contributed by atoms with E-state index in [-0.39, 0.29) is 16.8 Å². The van der Waals surface area contributed by atoms with Gasteiger partial charge in [-0.1, -0.05) is 6.07 Å². The maximum atomic E-state index is 13.7. The quantitative estimate of drug-likeness (QED) is 0.730. The number of nitrogens with zero attached hydrogens (tertiary/aromatic N) is 1. The first-order valence-electron chi connectivity index (χ1n) is 4.97. The number of benzene rings is 1. The molecule has 1 atom stereocenters. The Morgan fingerprint density at radius 1 is 1.56 bits per heavy atom. The van der Waals surface area contributed by atoms with Crippen molar-refractivity contribution in [3.8, 4) is 0 Å². The van der Waals surface area contributed by atoms with Gasteiger partial charge < -0.3 is 4.90 Å². The van der Waals surface area contributed by atoms with Gasteiger partial charge in [-0.05, 0) is 34.5 Å². The van der Waals surface area contributed by atoms with Gasteiger partial charge in [-0.25, -0.2) is 4.39 Å². The molecule has 1 unspecified atom stereocenters. The van der Waals surface area contributed by atoms with E-state index in [2.05, 4.69) is 15.9 Å². The molecule has 0 saturated carbocycles. The zero-order chi connectivity index (χ0) is 11.7. The van der Waals surface area contributed by atoms with Crippen molar-refractivity contribution in [2.75, 3.05) is 13.1 Å². The Morgan fingerprint density at radius 2 is 2.31 bits per heavy atom. The summed E-state index contributed by atoms with van der Waals surface area (Å²) in [5, 5.41) is -0.0147. The van der Waals surface area contributed by atoms with E-state index in [0.717, 1.165) is 6.42 Å². The highest BCUT2D eigenvalue weighted by Crippen LogP contribution is 2.22. The second kappa shape index (κ2) is 4.72. The van der Waals surface area contributed by atoms with Gasteiger partial charge in [0.25, 0.3) is 5.91 Å². The van der Waals surface area contributed by atoms with Gasteiger partial charge in [-0.15, -0.1) is 11.6 Å². The minimum atomic E-state index is -0.509. The summed E-state index contributed by atoms with van der Waals surface area (Å²) in [6, 6.07) is 4.71. The van der Waals surface area contributed by atoms with Gasteiger partial charge in [-0.2, -0.15) is 0 Å². The SMILES string of the molecule is O=C(c1cccc(Br)c1F)N1CCC(Cl)C1. The molecule has 0 aromatic heterocycles. The molecule has 0 N–H and O–H groups in total. The summed E-state index contributed by atoms with van der Waals surface area (Å²) in [5.74, 6) is -0.799. The third kappa shape index (κ3) is 2.23. The van der Waals surface area contributed by atoms with Crippen LogP contribution >= 0.6 is 27.5 Å². The molecule has 1 heterocycles. The molecule has 2 nitrogen and oxygen atoms in total. The number of carbonyl (C=O) groups excluding carboxylic acids is 1. The smallest absolute Gasteiger partial charge is 0.256 e. The van der Waals surface area contributed by atoms with E-state index in [4.69, 9.17) is 11.6 Å². The number of alkyl halides is 1. The Hall–Kier alpha value is -0.610. The van der Waals surface area contributed by atoms with Gasteiger partial charge in [-0.3, -0.25) is 4.79 Å². The minimum Gasteiger partial charge on any atom is -0.337 e. The normalized spacial score (nSPS) is 20.2. The third-order valence-corrected chi connectivity index (χ3v) is 3.57. The lowest BCUT2D eigenvalue weighted by Crippen LogP contribution is -2.29. The molecule has 16 heavy (non-hydrogen) atoms. The maximum Gasteiger partial charge on any atom is 0.256 e. The summed E-state index contributed by atoms with van der Waals surface area (Å²) in [6.07, 6.45) is 0.767. The lowest BCUT2D eigenvalue weighted by atomic mass is 10.2. The molecule has 0 radical (unpaired) electrons. The molecular formula is C11H10BrClFNO. The fraction of sp³-hybridized carbons (Fsp3) is 0.364. The van der Waals surface area contributed by atoms with Crippen LogP contribution in [0.4, 0.5) is 4.39 Å². The van der Waals surface area contributed by atoms with Gasteiger partial charge in [0.05, 0.1) is 15.4 Å². The van der Waals surface area contributed by atoms with Crippen LogP contribution in [-0.2, 0) is 0 Å². The van der Waals surface area contributed by atoms with Crippen LogP contribution in [-0.4, -0.2) is 29.3 Å². The highest BCUT2D eigenvalue weighted by Gasteiger charge is 2.27. The highest BCUT2D eigenvalue weighted by molar-refractivity contribution is 9.10. The molecule has 1 fully saturated rings. The molecular weight excluding hydrogens is 296 g/mol. The Morgan fingerprint density at radius 3 is 2.94 bits per heavy atom. The largest absolute Gasteiger partial charge is 0.337 e. The Labute approximate surface area is 107 Å². The molecule has 1 aliphatic rings. The molecule has 1 aromatic carbocycles. The minimum absolute atomic E-state index is 0.0147. The average Bonchev–Trinajstić information content (AvgIpc) is 2.68. The van der Waals surface area contributed by atoms with Crippen LogP contribution < -0.4 is 0 Å². The number of likely N-dealkylation sites (tertiary alicyclic amines) is 1. The predicted molar refractivity (Wildman–Crippen MR) is 64.3 cm³/mol.